The first kappa shape index (κ1) is 13.5. The van der Waals surface area contributed by atoms with Crippen molar-refractivity contribution in [2.24, 2.45) is 0 Å². The summed E-state index contributed by atoms with van der Waals surface area (Å²) in [6.45, 7) is 0. The van der Waals surface area contributed by atoms with Gasteiger partial charge in [0.05, 0.1) is 5.02 Å². The van der Waals surface area contributed by atoms with E-state index in [1.807, 2.05) is 0 Å². The zero-order chi connectivity index (χ0) is 14.0. The van der Waals surface area contributed by atoms with Crippen LogP contribution in [0.2, 0.25) is 5.02 Å². The Labute approximate surface area is 113 Å². The van der Waals surface area contributed by atoms with Crippen LogP contribution in [0.25, 0.3) is 0 Å². The van der Waals surface area contributed by atoms with Crippen LogP contribution in [0.3, 0.4) is 0 Å². The number of aromatic hydroxyl groups is 1. The monoisotopic (exact) mass is 303 g/mol. The number of nitrogens with one attached hydrogen (secondary N) is 1. The zero-order valence-corrected chi connectivity index (χ0v) is 10.8. The molecule has 0 aliphatic heterocycles. The second kappa shape index (κ2) is 4.98. The van der Waals surface area contributed by atoms with E-state index in [1.54, 1.807) is 0 Å². The third kappa shape index (κ3) is 2.91. The minimum Gasteiger partial charge on any atom is -0.506 e. The number of halogens is 2. The van der Waals surface area contributed by atoms with Crippen molar-refractivity contribution in [2.45, 2.75) is 4.90 Å². The molecule has 0 atom stereocenters. The molecular weight excluding hydrogens is 297 g/mol. The van der Waals surface area contributed by atoms with Crippen molar-refractivity contribution in [3.63, 3.8) is 0 Å². The van der Waals surface area contributed by atoms with Gasteiger partial charge in [0.2, 0.25) is 0 Å². The smallest absolute Gasteiger partial charge is 0.266 e. The summed E-state index contributed by atoms with van der Waals surface area (Å²) in [4.78, 5) is 6.58. The Morgan fingerprint density at radius 1 is 1.37 bits per heavy atom. The van der Waals surface area contributed by atoms with E-state index in [4.69, 9.17) is 11.6 Å². The fourth-order valence-electron chi connectivity index (χ4n) is 1.27. The molecule has 100 valence electrons. The minimum atomic E-state index is -4.19. The lowest BCUT2D eigenvalue weighted by Crippen LogP contribution is -2.15. The van der Waals surface area contributed by atoms with Gasteiger partial charge in [-0.2, -0.15) is 0 Å². The molecule has 0 spiro atoms. The number of hydrogen-bond donors (Lipinski definition) is 2. The first-order chi connectivity index (χ1) is 8.90. The highest BCUT2D eigenvalue weighted by molar-refractivity contribution is 7.92. The SMILES string of the molecule is O=S(=O)(Nc1ccncn1)c1cc(Cl)c(O)cc1F. The van der Waals surface area contributed by atoms with Crippen molar-refractivity contribution in [3.05, 3.63) is 41.6 Å². The summed E-state index contributed by atoms with van der Waals surface area (Å²) in [6.07, 6.45) is 2.46. The molecule has 0 aliphatic rings. The van der Waals surface area contributed by atoms with Crippen molar-refractivity contribution < 1.29 is 17.9 Å². The molecule has 0 amide bonds. The largest absolute Gasteiger partial charge is 0.506 e. The second-order valence-corrected chi connectivity index (χ2v) is 5.49. The van der Waals surface area contributed by atoms with Gasteiger partial charge in [0, 0.05) is 12.3 Å². The van der Waals surface area contributed by atoms with Gasteiger partial charge in [-0.15, -0.1) is 0 Å². The number of benzene rings is 1. The fourth-order valence-corrected chi connectivity index (χ4v) is 2.59. The van der Waals surface area contributed by atoms with Gasteiger partial charge in [0.1, 0.15) is 28.6 Å². The number of aromatic nitrogens is 2. The molecule has 0 unspecified atom stereocenters. The number of phenols is 1. The first-order valence-electron chi connectivity index (χ1n) is 4.87. The third-order valence-electron chi connectivity index (χ3n) is 2.11. The maximum absolute atomic E-state index is 13.6. The summed E-state index contributed by atoms with van der Waals surface area (Å²) in [5.74, 6) is -1.68. The van der Waals surface area contributed by atoms with Crippen LogP contribution in [0.1, 0.15) is 0 Å². The third-order valence-corrected chi connectivity index (χ3v) is 3.78. The number of nitrogens with zero attached hydrogens (tertiary/aromatic N) is 2. The zero-order valence-electron chi connectivity index (χ0n) is 9.21. The molecule has 9 heteroatoms. The summed E-state index contributed by atoms with van der Waals surface area (Å²) in [5, 5.41) is 8.90. The van der Waals surface area contributed by atoms with Crippen molar-refractivity contribution in [2.75, 3.05) is 4.72 Å². The Morgan fingerprint density at radius 3 is 2.74 bits per heavy atom. The molecular formula is C10H7ClFN3O3S. The highest BCUT2D eigenvalue weighted by atomic mass is 35.5. The quantitative estimate of drug-likeness (QED) is 0.901. The molecule has 2 aromatic rings. The Morgan fingerprint density at radius 2 is 2.11 bits per heavy atom. The number of sulfonamides is 1. The molecule has 1 aromatic heterocycles. The lowest BCUT2D eigenvalue weighted by molar-refractivity contribution is 0.466. The molecule has 2 rings (SSSR count). The first-order valence-corrected chi connectivity index (χ1v) is 6.73. The van der Waals surface area contributed by atoms with Gasteiger partial charge < -0.3 is 5.11 Å². The highest BCUT2D eigenvalue weighted by Gasteiger charge is 2.21. The van der Waals surface area contributed by atoms with E-state index in [0.717, 1.165) is 12.4 Å². The van der Waals surface area contributed by atoms with Crippen molar-refractivity contribution in [1.82, 2.24) is 9.97 Å². The average Bonchev–Trinajstić information content (AvgIpc) is 2.34. The van der Waals surface area contributed by atoms with E-state index in [2.05, 4.69) is 14.7 Å². The van der Waals surface area contributed by atoms with E-state index < -0.39 is 26.5 Å². The standard InChI is InChI=1S/C10H7ClFN3O3S/c11-6-3-9(7(12)4-8(6)16)19(17,18)15-10-1-2-13-5-14-10/h1-5,16H,(H,13,14,15). The van der Waals surface area contributed by atoms with Crippen molar-refractivity contribution in [3.8, 4) is 5.75 Å². The van der Waals surface area contributed by atoms with Crippen LogP contribution in [0.4, 0.5) is 10.2 Å². The summed E-state index contributed by atoms with van der Waals surface area (Å²) in [6, 6.07) is 2.74. The van der Waals surface area contributed by atoms with E-state index in [0.29, 0.717) is 6.07 Å². The Kier molecular flexibility index (Phi) is 3.54. The summed E-state index contributed by atoms with van der Waals surface area (Å²) in [7, 11) is -4.19. The molecule has 6 nitrogen and oxygen atoms in total. The van der Waals surface area contributed by atoms with E-state index in [1.165, 1.54) is 12.3 Å². The number of anilines is 1. The molecule has 1 aromatic carbocycles. The van der Waals surface area contributed by atoms with Crippen molar-refractivity contribution in [1.29, 1.82) is 0 Å². The summed E-state index contributed by atoms with van der Waals surface area (Å²) >= 11 is 5.56. The molecule has 19 heavy (non-hydrogen) atoms. The molecule has 1 heterocycles. The predicted octanol–water partition coefficient (Wildman–Crippen LogP) is 1.78. The number of phenolic OH excluding ortho intramolecular Hbond substituents is 1. The van der Waals surface area contributed by atoms with Crippen LogP contribution in [0.15, 0.2) is 35.6 Å². The number of hydrogen-bond acceptors (Lipinski definition) is 5. The lowest BCUT2D eigenvalue weighted by Gasteiger charge is -2.08. The topological polar surface area (TPSA) is 92.2 Å². The van der Waals surface area contributed by atoms with Gasteiger partial charge >= 0.3 is 0 Å². The molecule has 0 saturated carbocycles. The number of rotatable bonds is 3. The van der Waals surface area contributed by atoms with Gasteiger partial charge in [-0.3, -0.25) is 4.72 Å². The Bertz CT molecular complexity index is 709. The van der Waals surface area contributed by atoms with Crippen LogP contribution in [0.5, 0.6) is 5.75 Å². The van der Waals surface area contributed by atoms with Crippen molar-refractivity contribution >= 4 is 27.4 Å². The van der Waals surface area contributed by atoms with Gasteiger partial charge in [0.25, 0.3) is 10.0 Å². The van der Waals surface area contributed by atoms with Gasteiger partial charge in [-0.05, 0) is 12.1 Å². The fraction of sp³-hybridized carbons (Fsp3) is 0. The molecule has 2 N–H and O–H groups in total. The van der Waals surface area contributed by atoms with Crippen LogP contribution in [-0.2, 0) is 10.0 Å². The molecule has 0 radical (unpaired) electrons. The molecule has 0 aliphatic carbocycles. The molecule has 0 saturated heterocycles. The second-order valence-electron chi connectivity index (χ2n) is 3.43. The van der Waals surface area contributed by atoms with Crippen LogP contribution < -0.4 is 4.72 Å². The van der Waals surface area contributed by atoms with E-state index in [9.17, 15) is 17.9 Å². The molecule has 0 bridgehead atoms. The maximum Gasteiger partial charge on any atom is 0.266 e. The Hall–Kier alpha value is -1.93. The molecule has 0 fully saturated rings. The summed E-state index contributed by atoms with van der Waals surface area (Å²) in [5.41, 5.74) is 0. The van der Waals surface area contributed by atoms with Gasteiger partial charge in [-0.1, -0.05) is 11.6 Å². The predicted molar refractivity (Wildman–Crippen MR) is 65.9 cm³/mol. The minimum absolute atomic E-state index is 0.0152. The van der Waals surface area contributed by atoms with Gasteiger partial charge in [-0.25, -0.2) is 22.8 Å². The Balaban J connectivity index is 2.43. The maximum atomic E-state index is 13.6. The normalized spacial score (nSPS) is 11.3. The van der Waals surface area contributed by atoms with Crippen LogP contribution >= 0.6 is 11.6 Å². The lowest BCUT2D eigenvalue weighted by atomic mass is 10.3. The van der Waals surface area contributed by atoms with Gasteiger partial charge in [0.15, 0.2) is 0 Å². The van der Waals surface area contributed by atoms with Crippen LogP contribution in [0, 0.1) is 5.82 Å². The summed E-state index contributed by atoms with van der Waals surface area (Å²) < 4.78 is 39.5. The van der Waals surface area contributed by atoms with E-state index in [-0.39, 0.29) is 10.8 Å². The highest BCUT2D eigenvalue weighted by Crippen LogP contribution is 2.29. The van der Waals surface area contributed by atoms with E-state index >= 15 is 0 Å². The van der Waals surface area contributed by atoms with Crippen LogP contribution in [-0.4, -0.2) is 23.5 Å². The average molecular weight is 304 g/mol.